The molecule has 0 saturated heterocycles. The minimum Gasteiger partial charge on any atom is -0.391 e. The molecule has 1 N–H and O–H groups in total. The van der Waals surface area contributed by atoms with E-state index in [1.54, 1.807) is 11.3 Å². The molecule has 72 valence electrons. The fourth-order valence-corrected chi connectivity index (χ4v) is 3.13. The highest BCUT2D eigenvalue weighted by atomic mass is 32.1. The van der Waals surface area contributed by atoms with Gasteiger partial charge in [-0.15, -0.1) is 11.3 Å². The maximum atomic E-state index is 8.96. The van der Waals surface area contributed by atoms with Gasteiger partial charge in [0, 0.05) is 9.75 Å². The Kier molecular flexibility index (Phi) is 3.01. The Bertz CT molecular complexity index is 261. The van der Waals surface area contributed by atoms with Crippen LogP contribution in [-0.2, 0) is 6.61 Å². The second kappa shape index (κ2) is 4.25. The summed E-state index contributed by atoms with van der Waals surface area (Å²) in [6.07, 6.45) is 6.89. The van der Waals surface area contributed by atoms with Gasteiger partial charge in [0.25, 0.3) is 0 Å². The summed E-state index contributed by atoms with van der Waals surface area (Å²) in [5, 5.41) is 8.96. The van der Waals surface area contributed by atoms with Crippen LogP contribution in [0.4, 0.5) is 0 Å². The van der Waals surface area contributed by atoms with Gasteiger partial charge in [0.1, 0.15) is 0 Å². The molecule has 1 aliphatic rings. The van der Waals surface area contributed by atoms with Crippen molar-refractivity contribution in [2.24, 2.45) is 0 Å². The van der Waals surface area contributed by atoms with Gasteiger partial charge in [-0.2, -0.15) is 0 Å². The number of hydrogen-bond donors (Lipinski definition) is 1. The first-order chi connectivity index (χ1) is 6.40. The highest BCUT2D eigenvalue weighted by Gasteiger charge is 2.16. The smallest absolute Gasteiger partial charge is 0.0774 e. The first-order valence-corrected chi connectivity index (χ1v) is 5.91. The van der Waals surface area contributed by atoms with Crippen LogP contribution in [-0.4, -0.2) is 5.11 Å². The second-order valence-corrected chi connectivity index (χ2v) is 5.00. The largest absolute Gasteiger partial charge is 0.391 e. The zero-order valence-electron chi connectivity index (χ0n) is 7.83. The van der Waals surface area contributed by atoms with Crippen LogP contribution in [0.15, 0.2) is 12.1 Å². The van der Waals surface area contributed by atoms with Crippen molar-refractivity contribution in [3.05, 3.63) is 21.9 Å². The minimum absolute atomic E-state index is 0.206. The molecule has 0 spiro atoms. The van der Waals surface area contributed by atoms with Crippen molar-refractivity contribution >= 4 is 11.3 Å². The molecule has 1 nitrogen and oxygen atoms in total. The monoisotopic (exact) mass is 196 g/mol. The van der Waals surface area contributed by atoms with Crippen molar-refractivity contribution in [2.75, 3.05) is 0 Å². The first-order valence-electron chi connectivity index (χ1n) is 5.09. The summed E-state index contributed by atoms with van der Waals surface area (Å²) in [5.74, 6) is 0.791. The maximum Gasteiger partial charge on any atom is 0.0774 e. The molecule has 0 aliphatic heterocycles. The van der Waals surface area contributed by atoms with E-state index in [0.717, 1.165) is 10.8 Å². The van der Waals surface area contributed by atoms with Crippen molar-refractivity contribution < 1.29 is 5.11 Å². The third kappa shape index (κ3) is 2.12. The molecule has 1 saturated carbocycles. The molecule has 0 unspecified atom stereocenters. The van der Waals surface area contributed by atoms with Gasteiger partial charge in [-0.1, -0.05) is 19.3 Å². The summed E-state index contributed by atoms with van der Waals surface area (Å²) in [6.45, 7) is 0.206. The lowest BCUT2D eigenvalue weighted by atomic mass is 9.88. The summed E-state index contributed by atoms with van der Waals surface area (Å²) in [7, 11) is 0. The predicted octanol–water partition coefficient (Wildman–Crippen LogP) is 3.29. The van der Waals surface area contributed by atoms with Crippen LogP contribution in [0.5, 0.6) is 0 Å². The summed E-state index contributed by atoms with van der Waals surface area (Å²) in [6, 6.07) is 4.26. The van der Waals surface area contributed by atoms with E-state index in [9.17, 15) is 0 Å². The Labute approximate surface area is 83.4 Å². The Morgan fingerprint density at radius 3 is 2.62 bits per heavy atom. The Balaban J connectivity index is 2.05. The minimum atomic E-state index is 0.206. The van der Waals surface area contributed by atoms with Crippen LogP contribution in [0.2, 0.25) is 0 Å². The molecular weight excluding hydrogens is 180 g/mol. The predicted molar refractivity (Wildman–Crippen MR) is 56.1 cm³/mol. The van der Waals surface area contributed by atoms with Gasteiger partial charge in [0.15, 0.2) is 0 Å². The molecular formula is C11H16OS. The highest BCUT2D eigenvalue weighted by Crippen LogP contribution is 2.36. The number of thiophene rings is 1. The molecule has 1 heterocycles. The van der Waals surface area contributed by atoms with Gasteiger partial charge in [-0.3, -0.25) is 0 Å². The molecule has 2 rings (SSSR count). The summed E-state index contributed by atoms with van der Waals surface area (Å²) in [5.41, 5.74) is 0. The highest BCUT2D eigenvalue weighted by molar-refractivity contribution is 7.12. The molecule has 1 fully saturated rings. The molecule has 0 amide bonds. The fourth-order valence-electron chi connectivity index (χ4n) is 2.09. The molecule has 1 aromatic heterocycles. The average Bonchev–Trinajstić information content (AvgIpc) is 2.67. The normalized spacial score (nSPS) is 19.2. The standard InChI is InChI=1S/C11H16OS/c12-8-10-6-7-11(13-10)9-4-2-1-3-5-9/h6-7,9,12H,1-5,8H2. The van der Waals surface area contributed by atoms with Crippen molar-refractivity contribution in [3.8, 4) is 0 Å². The number of aliphatic hydroxyl groups is 1. The average molecular weight is 196 g/mol. The SMILES string of the molecule is OCc1ccc(C2CCCCC2)s1. The topological polar surface area (TPSA) is 20.2 Å². The van der Waals surface area contributed by atoms with Crippen LogP contribution in [0.25, 0.3) is 0 Å². The lowest BCUT2D eigenvalue weighted by Crippen LogP contribution is -2.02. The van der Waals surface area contributed by atoms with E-state index in [2.05, 4.69) is 12.1 Å². The van der Waals surface area contributed by atoms with E-state index in [1.165, 1.54) is 37.0 Å². The molecule has 2 heteroatoms. The number of rotatable bonds is 2. The third-order valence-corrected chi connectivity index (χ3v) is 4.08. The summed E-state index contributed by atoms with van der Waals surface area (Å²) < 4.78 is 0. The van der Waals surface area contributed by atoms with Gasteiger partial charge in [-0.25, -0.2) is 0 Å². The Morgan fingerprint density at radius 2 is 2.00 bits per heavy atom. The second-order valence-electron chi connectivity index (χ2n) is 3.80. The fraction of sp³-hybridized carbons (Fsp3) is 0.636. The van der Waals surface area contributed by atoms with E-state index in [1.807, 2.05) is 0 Å². The summed E-state index contributed by atoms with van der Waals surface area (Å²) in [4.78, 5) is 2.60. The van der Waals surface area contributed by atoms with Gasteiger partial charge in [0.2, 0.25) is 0 Å². The molecule has 13 heavy (non-hydrogen) atoms. The summed E-state index contributed by atoms with van der Waals surface area (Å²) >= 11 is 1.79. The van der Waals surface area contributed by atoms with E-state index in [0.29, 0.717) is 0 Å². The van der Waals surface area contributed by atoms with Crippen LogP contribution in [0, 0.1) is 0 Å². The third-order valence-electron chi connectivity index (χ3n) is 2.85. The Morgan fingerprint density at radius 1 is 1.23 bits per heavy atom. The quantitative estimate of drug-likeness (QED) is 0.769. The van der Waals surface area contributed by atoms with Gasteiger partial charge < -0.3 is 5.11 Å². The van der Waals surface area contributed by atoms with Gasteiger partial charge >= 0.3 is 0 Å². The van der Waals surface area contributed by atoms with Crippen molar-refractivity contribution in [2.45, 2.75) is 44.6 Å². The molecule has 1 aliphatic carbocycles. The maximum absolute atomic E-state index is 8.96. The van der Waals surface area contributed by atoms with Gasteiger partial charge in [-0.05, 0) is 30.9 Å². The van der Waals surface area contributed by atoms with Crippen LogP contribution in [0.3, 0.4) is 0 Å². The van der Waals surface area contributed by atoms with E-state index in [-0.39, 0.29) is 6.61 Å². The lowest BCUT2D eigenvalue weighted by Gasteiger charge is -2.19. The zero-order chi connectivity index (χ0) is 9.10. The molecule has 0 atom stereocenters. The van der Waals surface area contributed by atoms with Gasteiger partial charge in [0.05, 0.1) is 6.61 Å². The number of hydrogen-bond acceptors (Lipinski definition) is 2. The van der Waals surface area contributed by atoms with E-state index in [4.69, 9.17) is 5.11 Å². The van der Waals surface area contributed by atoms with Crippen LogP contribution < -0.4 is 0 Å². The number of aliphatic hydroxyl groups excluding tert-OH is 1. The lowest BCUT2D eigenvalue weighted by molar-refractivity contribution is 0.285. The molecule has 1 aromatic rings. The zero-order valence-corrected chi connectivity index (χ0v) is 8.65. The molecule has 0 aromatic carbocycles. The van der Waals surface area contributed by atoms with E-state index >= 15 is 0 Å². The van der Waals surface area contributed by atoms with Crippen LogP contribution >= 0.6 is 11.3 Å². The van der Waals surface area contributed by atoms with Crippen molar-refractivity contribution in [3.63, 3.8) is 0 Å². The first kappa shape index (κ1) is 9.22. The molecule has 0 radical (unpaired) electrons. The Hall–Kier alpha value is -0.340. The van der Waals surface area contributed by atoms with E-state index < -0.39 is 0 Å². The van der Waals surface area contributed by atoms with Crippen LogP contribution in [0.1, 0.15) is 47.8 Å². The van der Waals surface area contributed by atoms with Crippen molar-refractivity contribution in [1.29, 1.82) is 0 Å². The molecule has 0 bridgehead atoms. The van der Waals surface area contributed by atoms with Crippen molar-refractivity contribution in [1.82, 2.24) is 0 Å².